The first-order valence-electron chi connectivity index (χ1n) is 45.8. The van der Waals surface area contributed by atoms with Crippen molar-refractivity contribution < 1.29 is 52.9 Å². The van der Waals surface area contributed by atoms with E-state index in [-0.39, 0.29) is 32.2 Å². The highest BCUT2D eigenvalue weighted by Crippen LogP contribution is 2.29. The van der Waals surface area contributed by atoms with E-state index < -0.39 is 96.4 Å². The maximum atomic E-state index is 15.5. The lowest BCUT2D eigenvalue weighted by atomic mass is 10.0. The van der Waals surface area contributed by atoms with Crippen LogP contribution in [0.4, 0.5) is 0 Å². The predicted molar refractivity (Wildman–Crippen MR) is 476 cm³/mol. The number of nitrogens with two attached hydrogens (primary N) is 1. The lowest BCUT2D eigenvalue weighted by molar-refractivity contribution is -0.146. The van der Waals surface area contributed by atoms with Crippen molar-refractivity contribution in [3.05, 3.63) is 167 Å². The number of aliphatic carboxylic acids is 1. The number of rotatable bonds is 69. The van der Waals surface area contributed by atoms with Gasteiger partial charge in [0.25, 0.3) is 0 Å². The Morgan fingerprint density at radius 1 is 0.402 bits per heavy atom. The summed E-state index contributed by atoms with van der Waals surface area (Å²) in [6.07, 6.45) is 50.9. The van der Waals surface area contributed by atoms with Gasteiger partial charge in [-0.05, 0) is 81.3 Å². The maximum Gasteiger partial charge on any atom is 0.323 e. The summed E-state index contributed by atoms with van der Waals surface area (Å²) < 4.78 is 19.3. The van der Waals surface area contributed by atoms with Gasteiger partial charge in [-0.15, -0.1) is 0 Å². The summed E-state index contributed by atoms with van der Waals surface area (Å²) in [5.74, 6) is -4.41. The average molecular weight is 1620 g/mol. The van der Waals surface area contributed by atoms with Crippen molar-refractivity contribution in [1.82, 2.24) is 31.5 Å². The lowest BCUT2D eigenvalue weighted by Crippen LogP contribution is -2.61. The standard InChI is InChI=1S/C99H153N7O11/c1-7-9-11-13-15-17-19-21-23-25-27-29-31-33-35-37-39-41-43-57-69-115-85-68-67-84(90(75-85)116-70-58-44-42-40-38-36-34-32-30-28-26-24-22-20-18-16-14-12-10-8-2)77-106(78-92(108)109)98(114)89(74-83-65-55-48-56-66-83)104-96(112)88(73-82-63-53-47-54-64-82)103-97(113)93(79(3)117-99(4,5)6)105-91(107)76-101-95(111)87(72-81-61-51-46-52-62-81)102-94(110)86(100)71-80-59-49-45-50-60-80/h45-56,59-68,75,79,86-89,93H,7-44,57-58,69-74,76-78,100H2,1-6H3,(H,101,111)(H,102,110)(H,103,113)(H,104,112)(H,105,107)(H,108,109)/t79-,86+,87+,88+,89+,93+/m1/s1. The van der Waals surface area contributed by atoms with Gasteiger partial charge in [-0.25, -0.2) is 0 Å². The monoisotopic (exact) mass is 1620 g/mol. The fraction of sp³-hybridized carbons (Fsp3) is 0.626. The molecule has 0 unspecified atom stereocenters. The van der Waals surface area contributed by atoms with E-state index in [4.69, 9.17) is 19.9 Å². The van der Waals surface area contributed by atoms with E-state index in [9.17, 15) is 24.3 Å². The molecule has 0 aliphatic rings. The molecule has 0 aromatic heterocycles. The minimum atomic E-state index is -1.45. The van der Waals surface area contributed by atoms with E-state index in [1.165, 1.54) is 223 Å². The molecule has 8 N–H and O–H groups in total. The summed E-state index contributed by atoms with van der Waals surface area (Å²) in [6.45, 7) is 11.0. The van der Waals surface area contributed by atoms with Gasteiger partial charge in [-0.2, -0.15) is 0 Å². The molecule has 0 aliphatic heterocycles. The van der Waals surface area contributed by atoms with Crippen LogP contribution in [0.15, 0.2) is 140 Å². The minimum absolute atomic E-state index is 0.0418. The van der Waals surface area contributed by atoms with E-state index in [2.05, 4.69) is 40.4 Å². The number of ether oxygens (including phenoxy) is 3. The van der Waals surface area contributed by atoms with Crippen molar-refractivity contribution in [2.75, 3.05) is 26.3 Å². The summed E-state index contributed by atoms with van der Waals surface area (Å²) in [7, 11) is 0. The molecular weight excluding hydrogens is 1460 g/mol. The topological polar surface area (TPSA) is 257 Å². The molecule has 18 nitrogen and oxygen atoms in total. The molecule has 6 amide bonds. The Morgan fingerprint density at radius 2 is 0.744 bits per heavy atom. The third-order valence-electron chi connectivity index (χ3n) is 22.0. The average Bonchev–Trinajstić information content (AvgIpc) is 0.828. The van der Waals surface area contributed by atoms with Crippen LogP contribution in [0.2, 0.25) is 0 Å². The van der Waals surface area contributed by atoms with Gasteiger partial charge in [0.15, 0.2) is 0 Å². The molecule has 5 aromatic rings. The van der Waals surface area contributed by atoms with Crippen molar-refractivity contribution in [2.45, 2.75) is 373 Å². The van der Waals surface area contributed by atoms with Crippen LogP contribution < -0.4 is 41.8 Å². The van der Waals surface area contributed by atoms with E-state index in [0.717, 1.165) is 49.7 Å². The van der Waals surface area contributed by atoms with Crippen LogP contribution in [0, 0.1) is 0 Å². The first-order valence-corrected chi connectivity index (χ1v) is 45.8. The zero-order valence-electron chi connectivity index (χ0n) is 72.9. The minimum Gasteiger partial charge on any atom is -0.493 e. The molecule has 0 radical (unpaired) electrons. The maximum absolute atomic E-state index is 15.5. The van der Waals surface area contributed by atoms with Crippen molar-refractivity contribution in [3.8, 4) is 11.5 Å². The second-order valence-corrected chi connectivity index (χ2v) is 33.7. The van der Waals surface area contributed by atoms with Gasteiger partial charge in [0.2, 0.25) is 35.4 Å². The van der Waals surface area contributed by atoms with Gasteiger partial charge in [0.1, 0.15) is 42.2 Å². The summed E-state index contributed by atoms with van der Waals surface area (Å²) in [5, 5.41) is 24.6. The number of benzene rings is 5. The van der Waals surface area contributed by atoms with Gasteiger partial charge in [-0.1, -0.05) is 379 Å². The highest BCUT2D eigenvalue weighted by Gasteiger charge is 2.37. The summed E-state index contributed by atoms with van der Waals surface area (Å²) in [4.78, 5) is 102. The van der Waals surface area contributed by atoms with Gasteiger partial charge in [0.05, 0.1) is 44.1 Å². The molecular formula is C99H153N7O11. The van der Waals surface area contributed by atoms with Crippen LogP contribution in [0.25, 0.3) is 0 Å². The first kappa shape index (κ1) is 99.5. The third-order valence-corrected chi connectivity index (χ3v) is 22.0. The van der Waals surface area contributed by atoms with Crippen molar-refractivity contribution in [1.29, 1.82) is 0 Å². The van der Waals surface area contributed by atoms with Crippen LogP contribution in [0.1, 0.15) is 326 Å². The van der Waals surface area contributed by atoms with Crippen LogP contribution in [-0.2, 0) is 70.5 Å². The summed E-state index contributed by atoms with van der Waals surface area (Å²) >= 11 is 0. The van der Waals surface area contributed by atoms with Crippen molar-refractivity contribution in [3.63, 3.8) is 0 Å². The van der Waals surface area contributed by atoms with Gasteiger partial charge in [-0.3, -0.25) is 33.6 Å². The molecule has 0 saturated carbocycles. The zero-order valence-corrected chi connectivity index (χ0v) is 72.9. The molecule has 5 rings (SSSR count). The van der Waals surface area contributed by atoms with E-state index in [1.807, 2.05) is 115 Å². The van der Waals surface area contributed by atoms with E-state index in [0.29, 0.717) is 41.4 Å². The molecule has 5 aromatic carbocycles. The SMILES string of the molecule is CCCCCCCCCCCCCCCCCCCCCCOc1ccc(CN(CC(=O)O)C(=O)[C@H](Cc2ccccc2)NC(=O)[C@H](Cc2ccccc2)NC(=O)[C@@H](NC(=O)CNC(=O)[C@H](Cc2ccccc2)NC(=O)[C@@H](N)Cc2ccccc2)[C@@H](C)OC(C)(C)C)c(OCCCCCCCCCCCCCCCCCCCCCC)c1. The Morgan fingerprint density at radius 3 is 1.13 bits per heavy atom. The summed E-state index contributed by atoms with van der Waals surface area (Å²) in [6, 6.07) is 35.7. The molecule has 0 fully saturated rings. The number of carbonyl (C=O) groups is 7. The number of nitrogens with one attached hydrogen (secondary N) is 5. The Bertz CT molecular complexity index is 3450. The molecule has 0 heterocycles. The number of carboxylic acid groups (broad SMARTS) is 1. The molecule has 18 heteroatoms. The number of nitrogens with zero attached hydrogens (tertiary/aromatic N) is 1. The fourth-order valence-electron chi connectivity index (χ4n) is 15.3. The number of unbranched alkanes of at least 4 members (excludes halogenated alkanes) is 38. The first-order chi connectivity index (χ1) is 56.8. The fourth-order valence-corrected chi connectivity index (χ4v) is 15.3. The summed E-state index contributed by atoms with van der Waals surface area (Å²) in [5.41, 5.74) is 9.03. The van der Waals surface area contributed by atoms with Crippen LogP contribution >= 0.6 is 0 Å². The number of carboxylic acids is 1. The molecule has 650 valence electrons. The molecule has 0 bridgehead atoms. The molecule has 0 spiro atoms. The second-order valence-electron chi connectivity index (χ2n) is 33.7. The predicted octanol–water partition coefficient (Wildman–Crippen LogP) is 20.1. The van der Waals surface area contributed by atoms with Crippen LogP contribution in [0.5, 0.6) is 11.5 Å². The Hall–Kier alpha value is -8.09. The second kappa shape index (κ2) is 62.1. The molecule has 6 atom stereocenters. The third kappa shape index (κ3) is 46.7. The molecule has 0 saturated heterocycles. The van der Waals surface area contributed by atoms with Crippen LogP contribution in [0.3, 0.4) is 0 Å². The van der Waals surface area contributed by atoms with E-state index >= 15 is 14.4 Å². The van der Waals surface area contributed by atoms with E-state index in [1.54, 1.807) is 52.0 Å². The number of carbonyl (C=O) groups excluding carboxylic acids is 6. The Balaban J connectivity index is 1.27. The van der Waals surface area contributed by atoms with Gasteiger partial charge in [0, 0.05) is 30.9 Å². The quantitative estimate of drug-likeness (QED) is 0.0179. The van der Waals surface area contributed by atoms with Gasteiger partial charge < -0.3 is 56.5 Å². The van der Waals surface area contributed by atoms with Crippen molar-refractivity contribution in [2.24, 2.45) is 5.73 Å². The smallest absolute Gasteiger partial charge is 0.323 e. The largest absolute Gasteiger partial charge is 0.493 e. The highest BCUT2D eigenvalue weighted by atomic mass is 16.5. The molecule has 0 aliphatic carbocycles. The number of hydrogen-bond acceptors (Lipinski definition) is 11. The molecule has 117 heavy (non-hydrogen) atoms. The normalized spacial score (nSPS) is 13.0. The lowest BCUT2D eigenvalue weighted by Gasteiger charge is -2.32. The zero-order chi connectivity index (χ0) is 84.2. The highest BCUT2D eigenvalue weighted by molar-refractivity contribution is 5.96. The van der Waals surface area contributed by atoms with Crippen LogP contribution in [-0.4, -0.2) is 120 Å². The Labute approximate surface area is 705 Å². The number of amides is 6. The van der Waals surface area contributed by atoms with Crippen molar-refractivity contribution >= 4 is 41.4 Å². The van der Waals surface area contributed by atoms with Gasteiger partial charge >= 0.3 is 5.97 Å². The number of hydrogen-bond donors (Lipinski definition) is 7. The Kier molecular flexibility index (Phi) is 52.8.